The Morgan fingerprint density at radius 1 is 1.04 bits per heavy atom. The van der Waals surface area contributed by atoms with Crippen LogP contribution in [-0.4, -0.2) is 15.2 Å². The first-order valence-electron chi connectivity index (χ1n) is 8.55. The predicted molar refractivity (Wildman–Crippen MR) is 111 cm³/mol. The normalized spacial score (nSPS) is 10.9. The van der Waals surface area contributed by atoms with Crippen molar-refractivity contribution in [1.82, 2.24) is 15.2 Å². The molecule has 0 bridgehead atoms. The number of nitrogens with zero attached hydrogens (tertiary/aromatic N) is 3. The first kappa shape index (κ1) is 19.0. The summed E-state index contributed by atoms with van der Waals surface area (Å²) < 4.78 is 11.2. The van der Waals surface area contributed by atoms with Crippen molar-refractivity contribution in [1.29, 1.82) is 0 Å². The Bertz CT molecular complexity index is 1020. The SMILES string of the molecule is Clc1ccc(OCc2nnc(SCc3csc(Cc4ccccc4)n3)o2)cc1. The monoisotopic (exact) mass is 429 g/mol. The maximum atomic E-state index is 5.86. The number of thiazole rings is 1. The summed E-state index contributed by atoms with van der Waals surface area (Å²) in [6, 6.07) is 17.5. The number of hydrogen-bond donors (Lipinski definition) is 0. The van der Waals surface area contributed by atoms with E-state index in [2.05, 4.69) is 32.7 Å². The van der Waals surface area contributed by atoms with E-state index in [1.165, 1.54) is 17.3 Å². The zero-order valence-corrected chi connectivity index (χ0v) is 17.1. The fourth-order valence-electron chi connectivity index (χ4n) is 2.43. The number of thioether (sulfide) groups is 1. The van der Waals surface area contributed by atoms with E-state index < -0.39 is 0 Å². The summed E-state index contributed by atoms with van der Waals surface area (Å²) in [6.45, 7) is 0.215. The topological polar surface area (TPSA) is 61.0 Å². The fourth-order valence-corrected chi connectivity index (χ4v) is 4.17. The standard InChI is InChI=1S/C20H16ClN3O2S2/c21-15-6-8-17(9-7-15)25-11-18-23-24-20(26-18)28-13-16-12-27-19(22-16)10-14-4-2-1-3-5-14/h1-9,12H,10-11,13H2. The van der Waals surface area contributed by atoms with Crippen LogP contribution in [0.3, 0.4) is 0 Å². The van der Waals surface area contributed by atoms with Crippen molar-refractivity contribution in [3.63, 3.8) is 0 Å². The molecule has 4 rings (SSSR count). The van der Waals surface area contributed by atoms with Gasteiger partial charge in [-0.2, -0.15) is 0 Å². The highest BCUT2D eigenvalue weighted by Gasteiger charge is 2.10. The molecular weight excluding hydrogens is 414 g/mol. The van der Waals surface area contributed by atoms with Gasteiger partial charge < -0.3 is 9.15 Å². The van der Waals surface area contributed by atoms with Gasteiger partial charge >= 0.3 is 0 Å². The van der Waals surface area contributed by atoms with Gasteiger partial charge in [-0.25, -0.2) is 4.98 Å². The van der Waals surface area contributed by atoms with Crippen LogP contribution in [0.1, 0.15) is 22.2 Å². The summed E-state index contributed by atoms with van der Waals surface area (Å²) in [5, 5.41) is 12.4. The number of aromatic nitrogens is 3. The number of benzene rings is 2. The Morgan fingerprint density at radius 3 is 2.68 bits per heavy atom. The molecule has 0 radical (unpaired) electrons. The average molecular weight is 430 g/mol. The predicted octanol–water partition coefficient (Wildman–Crippen LogP) is 5.64. The molecule has 0 spiro atoms. The Balaban J connectivity index is 1.27. The van der Waals surface area contributed by atoms with E-state index in [-0.39, 0.29) is 6.61 Å². The summed E-state index contributed by atoms with van der Waals surface area (Å²) in [4.78, 5) is 4.68. The van der Waals surface area contributed by atoms with Crippen LogP contribution < -0.4 is 4.74 Å². The summed E-state index contributed by atoms with van der Waals surface area (Å²) in [5.74, 6) is 1.82. The molecule has 0 saturated carbocycles. The number of hydrogen-bond acceptors (Lipinski definition) is 7. The van der Waals surface area contributed by atoms with Crippen molar-refractivity contribution in [3.05, 3.63) is 87.2 Å². The Morgan fingerprint density at radius 2 is 1.86 bits per heavy atom. The molecule has 4 aromatic rings. The van der Waals surface area contributed by atoms with Crippen LogP contribution in [0.4, 0.5) is 0 Å². The third-order valence-electron chi connectivity index (χ3n) is 3.77. The van der Waals surface area contributed by atoms with Crippen LogP contribution in [0.5, 0.6) is 5.75 Å². The number of ether oxygens (including phenoxy) is 1. The molecule has 142 valence electrons. The molecule has 2 aromatic carbocycles. The second kappa shape index (κ2) is 9.23. The summed E-state index contributed by atoms with van der Waals surface area (Å²) in [6.07, 6.45) is 0.850. The molecule has 0 saturated heterocycles. The molecule has 28 heavy (non-hydrogen) atoms. The van der Waals surface area contributed by atoms with Gasteiger partial charge in [0.2, 0.25) is 0 Å². The van der Waals surface area contributed by atoms with Crippen LogP contribution in [0.15, 0.2) is 69.6 Å². The highest BCUT2D eigenvalue weighted by Crippen LogP contribution is 2.24. The van der Waals surface area contributed by atoms with Crippen molar-refractivity contribution >= 4 is 34.7 Å². The van der Waals surface area contributed by atoms with Gasteiger partial charge in [0.15, 0.2) is 6.61 Å². The van der Waals surface area contributed by atoms with E-state index in [1.807, 2.05) is 18.2 Å². The third kappa shape index (κ3) is 5.34. The lowest BCUT2D eigenvalue weighted by atomic mass is 10.2. The largest absolute Gasteiger partial charge is 0.484 e. The molecule has 0 fully saturated rings. The Kier molecular flexibility index (Phi) is 6.26. The number of halogens is 1. The molecule has 0 aliphatic carbocycles. The van der Waals surface area contributed by atoms with E-state index in [4.69, 9.17) is 20.8 Å². The third-order valence-corrected chi connectivity index (χ3v) is 5.77. The lowest BCUT2D eigenvalue weighted by Gasteiger charge is -2.02. The van der Waals surface area contributed by atoms with E-state index in [1.54, 1.807) is 35.6 Å². The van der Waals surface area contributed by atoms with E-state index >= 15 is 0 Å². The van der Waals surface area contributed by atoms with Gasteiger partial charge in [-0.3, -0.25) is 0 Å². The quantitative estimate of drug-likeness (QED) is 0.338. The summed E-state index contributed by atoms with van der Waals surface area (Å²) in [5.41, 5.74) is 2.27. The number of rotatable bonds is 8. The second-order valence-electron chi connectivity index (χ2n) is 5.89. The van der Waals surface area contributed by atoms with Crippen molar-refractivity contribution < 1.29 is 9.15 Å². The minimum absolute atomic E-state index is 0.215. The lowest BCUT2D eigenvalue weighted by molar-refractivity contribution is 0.252. The van der Waals surface area contributed by atoms with Gasteiger partial charge in [-0.05, 0) is 29.8 Å². The van der Waals surface area contributed by atoms with Crippen LogP contribution in [0.25, 0.3) is 0 Å². The zero-order valence-electron chi connectivity index (χ0n) is 14.7. The van der Waals surface area contributed by atoms with Crippen molar-refractivity contribution in [3.8, 4) is 5.75 Å². The van der Waals surface area contributed by atoms with Crippen LogP contribution in [-0.2, 0) is 18.8 Å². The van der Waals surface area contributed by atoms with Crippen LogP contribution in [0, 0.1) is 0 Å². The lowest BCUT2D eigenvalue weighted by Crippen LogP contribution is -1.95. The average Bonchev–Trinajstić information content (AvgIpc) is 3.36. The smallest absolute Gasteiger partial charge is 0.277 e. The molecule has 8 heteroatoms. The molecule has 0 aliphatic rings. The van der Waals surface area contributed by atoms with Gasteiger partial charge in [0.25, 0.3) is 11.1 Å². The van der Waals surface area contributed by atoms with Gasteiger partial charge in [-0.1, -0.05) is 53.7 Å². The van der Waals surface area contributed by atoms with Crippen molar-refractivity contribution in [2.75, 3.05) is 0 Å². The van der Waals surface area contributed by atoms with Crippen molar-refractivity contribution in [2.24, 2.45) is 0 Å². The molecule has 0 N–H and O–H groups in total. The molecule has 0 unspecified atom stereocenters. The van der Waals surface area contributed by atoms with Gasteiger partial charge in [-0.15, -0.1) is 21.5 Å². The second-order valence-corrected chi connectivity index (χ2v) is 8.19. The maximum absolute atomic E-state index is 5.86. The minimum Gasteiger partial charge on any atom is -0.484 e. The van der Waals surface area contributed by atoms with Crippen LogP contribution in [0.2, 0.25) is 5.02 Å². The summed E-state index contributed by atoms with van der Waals surface area (Å²) >= 11 is 9.00. The first-order valence-corrected chi connectivity index (χ1v) is 10.8. The molecule has 0 atom stereocenters. The Labute approximate surface area is 175 Å². The van der Waals surface area contributed by atoms with E-state index in [9.17, 15) is 0 Å². The summed E-state index contributed by atoms with van der Waals surface area (Å²) in [7, 11) is 0. The molecular formula is C20H16ClN3O2S2. The fraction of sp³-hybridized carbons (Fsp3) is 0.150. The maximum Gasteiger partial charge on any atom is 0.277 e. The van der Waals surface area contributed by atoms with E-state index in [0.29, 0.717) is 27.6 Å². The highest BCUT2D eigenvalue weighted by molar-refractivity contribution is 7.98. The van der Waals surface area contributed by atoms with Crippen LogP contribution >= 0.6 is 34.7 Å². The molecule has 2 heterocycles. The van der Waals surface area contributed by atoms with E-state index in [0.717, 1.165) is 17.1 Å². The minimum atomic E-state index is 0.215. The Hall–Kier alpha value is -2.35. The highest BCUT2D eigenvalue weighted by atomic mass is 35.5. The molecule has 0 amide bonds. The molecule has 0 aliphatic heterocycles. The van der Waals surface area contributed by atoms with Gasteiger partial charge in [0.1, 0.15) is 5.75 Å². The van der Waals surface area contributed by atoms with Gasteiger partial charge in [0, 0.05) is 22.6 Å². The van der Waals surface area contributed by atoms with Crippen molar-refractivity contribution in [2.45, 2.75) is 24.0 Å². The molecule has 5 nitrogen and oxygen atoms in total. The van der Waals surface area contributed by atoms with Gasteiger partial charge in [0.05, 0.1) is 10.7 Å². The first-order chi connectivity index (χ1) is 13.7. The molecule has 2 aromatic heterocycles. The zero-order chi connectivity index (χ0) is 19.2.